The standard InChI is InChI=1S/C12H17NO3/c13-11-2-1-9(14)7-10(11)12(15)8-3-5-16-6-4-8/h1-2,7-8,12,14-15H,3-6,13H2. The summed E-state index contributed by atoms with van der Waals surface area (Å²) in [4.78, 5) is 0. The van der Waals surface area contributed by atoms with Gasteiger partial charge in [-0.15, -0.1) is 0 Å². The van der Waals surface area contributed by atoms with E-state index in [1.54, 1.807) is 6.07 Å². The van der Waals surface area contributed by atoms with Crippen LogP contribution in [0.1, 0.15) is 24.5 Å². The van der Waals surface area contributed by atoms with Gasteiger partial charge < -0.3 is 20.7 Å². The number of anilines is 1. The number of rotatable bonds is 2. The summed E-state index contributed by atoms with van der Waals surface area (Å²) in [5, 5.41) is 19.6. The summed E-state index contributed by atoms with van der Waals surface area (Å²) in [7, 11) is 0. The first kappa shape index (κ1) is 11.2. The third-order valence-electron chi connectivity index (χ3n) is 3.10. The zero-order chi connectivity index (χ0) is 11.5. The summed E-state index contributed by atoms with van der Waals surface area (Å²) in [6.07, 6.45) is 1.04. The van der Waals surface area contributed by atoms with Crippen LogP contribution in [0.2, 0.25) is 0 Å². The number of hydrogen-bond acceptors (Lipinski definition) is 4. The molecule has 1 saturated heterocycles. The van der Waals surface area contributed by atoms with E-state index >= 15 is 0 Å². The maximum atomic E-state index is 10.2. The first-order chi connectivity index (χ1) is 7.68. The van der Waals surface area contributed by atoms with E-state index in [0.29, 0.717) is 24.5 Å². The number of aliphatic hydroxyl groups is 1. The van der Waals surface area contributed by atoms with Crippen LogP contribution in [0, 0.1) is 5.92 Å². The SMILES string of the molecule is Nc1ccc(O)cc1C(O)C1CCOCC1. The Balaban J connectivity index is 2.18. The average molecular weight is 223 g/mol. The van der Waals surface area contributed by atoms with Crippen molar-refractivity contribution in [3.63, 3.8) is 0 Å². The minimum absolute atomic E-state index is 0.135. The van der Waals surface area contributed by atoms with Gasteiger partial charge in [0.05, 0.1) is 6.10 Å². The minimum atomic E-state index is -0.615. The van der Waals surface area contributed by atoms with Crippen molar-refractivity contribution < 1.29 is 14.9 Å². The molecule has 0 radical (unpaired) electrons. The largest absolute Gasteiger partial charge is 0.508 e. The fraction of sp³-hybridized carbons (Fsp3) is 0.500. The number of hydrogen-bond donors (Lipinski definition) is 3. The number of phenols is 1. The van der Waals surface area contributed by atoms with Crippen LogP contribution in [0.3, 0.4) is 0 Å². The van der Waals surface area contributed by atoms with Crippen molar-refractivity contribution in [1.82, 2.24) is 0 Å². The van der Waals surface area contributed by atoms with E-state index < -0.39 is 6.10 Å². The molecule has 1 aromatic rings. The van der Waals surface area contributed by atoms with E-state index in [1.165, 1.54) is 12.1 Å². The van der Waals surface area contributed by atoms with Crippen molar-refractivity contribution in [1.29, 1.82) is 0 Å². The highest BCUT2D eigenvalue weighted by atomic mass is 16.5. The van der Waals surface area contributed by atoms with Crippen LogP contribution in [-0.4, -0.2) is 23.4 Å². The molecule has 1 fully saturated rings. The Bertz CT molecular complexity index is 361. The zero-order valence-electron chi connectivity index (χ0n) is 9.10. The van der Waals surface area contributed by atoms with Crippen molar-refractivity contribution in [3.8, 4) is 5.75 Å². The second kappa shape index (κ2) is 4.72. The van der Waals surface area contributed by atoms with Gasteiger partial charge in [0.1, 0.15) is 5.75 Å². The lowest BCUT2D eigenvalue weighted by molar-refractivity contribution is 0.00740. The lowest BCUT2D eigenvalue weighted by Gasteiger charge is -2.27. The fourth-order valence-corrected chi connectivity index (χ4v) is 2.10. The molecule has 1 unspecified atom stereocenters. The molecule has 88 valence electrons. The van der Waals surface area contributed by atoms with Crippen LogP contribution in [0.25, 0.3) is 0 Å². The molecular formula is C12H17NO3. The van der Waals surface area contributed by atoms with Crippen molar-refractivity contribution in [2.45, 2.75) is 18.9 Å². The van der Waals surface area contributed by atoms with Crippen molar-refractivity contribution in [2.24, 2.45) is 5.92 Å². The minimum Gasteiger partial charge on any atom is -0.508 e. The Morgan fingerprint density at radius 1 is 1.31 bits per heavy atom. The normalized spacial score (nSPS) is 19.6. The summed E-state index contributed by atoms with van der Waals surface area (Å²) in [6, 6.07) is 4.68. The van der Waals surface area contributed by atoms with Gasteiger partial charge in [-0.05, 0) is 37.0 Å². The van der Waals surface area contributed by atoms with Crippen LogP contribution in [0.4, 0.5) is 5.69 Å². The molecule has 0 aromatic heterocycles. The van der Waals surface area contributed by atoms with Gasteiger partial charge in [-0.1, -0.05) is 0 Å². The predicted octanol–water partition coefficient (Wildman–Crippen LogP) is 1.43. The summed E-state index contributed by atoms with van der Waals surface area (Å²) in [6.45, 7) is 1.36. The fourth-order valence-electron chi connectivity index (χ4n) is 2.10. The van der Waals surface area contributed by atoms with E-state index in [-0.39, 0.29) is 11.7 Å². The maximum Gasteiger partial charge on any atom is 0.116 e. The molecule has 1 aromatic carbocycles. The second-order valence-corrected chi connectivity index (χ2v) is 4.21. The van der Waals surface area contributed by atoms with Gasteiger partial charge >= 0.3 is 0 Å². The smallest absolute Gasteiger partial charge is 0.116 e. The number of phenolic OH excluding ortho intramolecular Hbond substituents is 1. The van der Waals surface area contributed by atoms with E-state index in [9.17, 15) is 10.2 Å². The molecule has 1 atom stereocenters. The Hall–Kier alpha value is -1.26. The number of ether oxygens (including phenoxy) is 1. The molecular weight excluding hydrogens is 206 g/mol. The number of benzene rings is 1. The van der Waals surface area contributed by atoms with Crippen LogP contribution < -0.4 is 5.73 Å². The molecule has 4 nitrogen and oxygen atoms in total. The molecule has 2 rings (SSSR count). The lowest BCUT2D eigenvalue weighted by Crippen LogP contribution is -2.22. The Morgan fingerprint density at radius 2 is 2.00 bits per heavy atom. The molecule has 1 aliphatic rings. The zero-order valence-corrected chi connectivity index (χ0v) is 9.10. The molecule has 1 heterocycles. The molecule has 4 heteroatoms. The first-order valence-electron chi connectivity index (χ1n) is 5.52. The van der Waals surface area contributed by atoms with E-state index in [0.717, 1.165) is 12.8 Å². The molecule has 0 spiro atoms. The Morgan fingerprint density at radius 3 is 2.69 bits per heavy atom. The molecule has 0 saturated carbocycles. The summed E-state index contributed by atoms with van der Waals surface area (Å²) < 4.78 is 5.25. The average Bonchev–Trinajstić information content (AvgIpc) is 2.32. The van der Waals surface area contributed by atoms with Gasteiger partial charge in [0.25, 0.3) is 0 Å². The highest BCUT2D eigenvalue weighted by Gasteiger charge is 2.25. The summed E-state index contributed by atoms with van der Waals surface area (Å²) >= 11 is 0. The highest BCUT2D eigenvalue weighted by Crippen LogP contribution is 2.34. The molecule has 4 N–H and O–H groups in total. The quantitative estimate of drug-likeness (QED) is 0.523. The third-order valence-corrected chi connectivity index (χ3v) is 3.10. The van der Waals surface area contributed by atoms with Crippen LogP contribution in [-0.2, 0) is 4.74 Å². The van der Waals surface area contributed by atoms with Crippen molar-refractivity contribution in [2.75, 3.05) is 18.9 Å². The first-order valence-corrected chi connectivity index (χ1v) is 5.52. The maximum absolute atomic E-state index is 10.2. The Labute approximate surface area is 94.7 Å². The van der Waals surface area contributed by atoms with Crippen LogP contribution in [0.15, 0.2) is 18.2 Å². The van der Waals surface area contributed by atoms with Gasteiger partial charge in [0.2, 0.25) is 0 Å². The third kappa shape index (κ3) is 2.28. The molecule has 0 amide bonds. The number of nitrogens with two attached hydrogens (primary N) is 1. The summed E-state index contributed by atoms with van der Waals surface area (Å²) in [5.74, 6) is 0.299. The number of aromatic hydroxyl groups is 1. The van der Waals surface area contributed by atoms with Crippen molar-refractivity contribution in [3.05, 3.63) is 23.8 Å². The van der Waals surface area contributed by atoms with Gasteiger partial charge in [0, 0.05) is 24.5 Å². The van der Waals surface area contributed by atoms with Crippen molar-refractivity contribution >= 4 is 5.69 Å². The monoisotopic (exact) mass is 223 g/mol. The predicted molar refractivity (Wildman–Crippen MR) is 61.0 cm³/mol. The van der Waals surface area contributed by atoms with E-state index in [4.69, 9.17) is 10.5 Å². The second-order valence-electron chi connectivity index (χ2n) is 4.21. The molecule has 1 aliphatic heterocycles. The van der Waals surface area contributed by atoms with Crippen LogP contribution >= 0.6 is 0 Å². The molecule has 0 bridgehead atoms. The van der Waals surface area contributed by atoms with Gasteiger partial charge in [0.15, 0.2) is 0 Å². The van der Waals surface area contributed by atoms with Gasteiger partial charge in [-0.2, -0.15) is 0 Å². The van der Waals surface area contributed by atoms with Crippen LogP contribution in [0.5, 0.6) is 5.75 Å². The summed E-state index contributed by atoms with van der Waals surface area (Å²) in [5.41, 5.74) is 6.94. The van der Waals surface area contributed by atoms with E-state index in [2.05, 4.69) is 0 Å². The Kier molecular flexibility index (Phi) is 3.31. The van der Waals surface area contributed by atoms with Gasteiger partial charge in [-0.3, -0.25) is 0 Å². The van der Waals surface area contributed by atoms with E-state index in [1.807, 2.05) is 0 Å². The topological polar surface area (TPSA) is 75.7 Å². The lowest BCUT2D eigenvalue weighted by atomic mass is 9.88. The molecule has 0 aliphatic carbocycles. The number of aliphatic hydroxyl groups excluding tert-OH is 1. The van der Waals surface area contributed by atoms with Gasteiger partial charge in [-0.25, -0.2) is 0 Å². The number of nitrogen functional groups attached to an aromatic ring is 1. The highest BCUT2D eigenvalue weighted by molar-refractivity contribution is 5.51. The molecule has 16 heavy (non-hydrogen) atoms.